The number of hydrogen-bond acceptors (Lipinski definition) is 4. The van der Waals surface area contributed by atoms with Crippen molar-refractivity contribution in [2.24, 2.45) is 0 Å². The van der Waals surface area contributed by atoms with Crippen molar-refractivity contribution < 1.29 is 14.0 Å². The van der Waals surface area contributed by atoms with Crippen molar-refractivity contribution in [2.45, 2.75) is 13.3 Å². The molecular formula is C20H20N2O3S. The molecule has 2 aromatic heterocycles. The van der Waals surface area contributed by atoms with Crippen LogP contribution < -0.4 is 0 Å². The van der Waals surface area contributed by atoms with E-state index in [0.717, 1.165) is 26.1 Å². The van der Waals surface area contributed by atoms with Gasteiger partial charge in [-0.25, -0.2) is 0 Å². The van der Waals surface area contributed by atoms with Crippen LogP contribution in [0, 0.1) is 6.92 Å². The van der Waals surface area contributed by atoms with Crippen LogP contribution in [0.3, 0.4) is 0 Å². The van der Waals surface area contributed by atoms with Crippen molar-refractivity contribution >= 4 is 33.2 Å². The van der Waals surface area contributed by atoms with E-state index in [1.54, 1.807) is 23.9 Å². The van der Waals surface area contributed by atoms with Gasteiger partial charge in [0.2, 0.25) is 5.91 Å². The van der Waals surface area contributed by atoms with E-state index in [4.69, 9.17) is 4.42 Å². The SMILES string of the molecule is Cc1c(C(=O)N2CCN(C(=O)Cc3ccoc3)CC2)sc2ccccc12. The quantitative estimate of drug-likeness (QED) is 0.713. The van der Waals surface area contributed by atoms with E-state index in [-0.39, 0.29) is 11.8 Å². The molecule has 3 aromatic rings. The summed E-state index contributed by atoms with van der Waals surface area (Å²) in [7, 11) is 0. The lowest BCUT2D eigenvalue weighted by molar-refractivity contribution is -0.131. The summed E-state index contributed by atoms with van der Waals surface area (Å²) in [5.74, 6) is 0.155. The van der Waals surface area contributed by atoms with Crippen LogP contribution in [-0.4, -0.2) is 47.8 Å². The molecule has 4 rings (SSSR count). The van der Waals surface area contributed by atoms with Gasteiger partial charge in [0, 0.05) is 30.9 Å². The van der Waals surface area contributed by atoms with E-state index < -0.39 is 0 Å². The second-order valence-electron chi connectivity index (χ2n) is 6.53. The van der Waals surface area contributed by atoms with Crippen LogP contribution in [0.2, 0.25) is 0 Å². The number of hydrogen-bond donors (Lipinski definition) is 0. The fourth-order valence-corrected chi connectivity index (χ4v) is 4.54. The Bertz CT molecular complexity index is 937. The average Bonchev–Trinajstić information content (AvgIpc) is 3.29. The molecule has 0 spiro atoms. The molecule has 134 valence electrons. The minimum atomic E-state index is 0.0747. The molecule has 1 aliphatic heterocycles. The normalized spacial score (nSPS) is 14.8. The van der Waals surface area contributed by atoms with Crippen molar-refractivity contribution in [2.75, 3.05) is 26.2 Å². The molecule has 0 unspecified atom stereocenters. The molecule has 1 fully saturated rings. The Kier molecular flexibility index (Phi) is 4.51. The van der Waals surface area contributed by atoms with E-state index in [1.807, 2.05) is 34.9 Å². The van der Waals surface area contributed by atoms with Crippen molar-refractivity contribution in [3.05, 3.63) is 58.9 Å². The molecule has 0 bridgehead atoms. The van der Waals surface area contributed by atoms with Crippen LogP contribution >= 0.6 is 11.3 Å². The molecule has 1 aliphatic rings. The summed E-state index contributed by atoms with van der Waals surface area (Å²) in [5.41, 5.74) is 1.93. The van der Waals surface area contributed by atoms with E-state index in [2.05, 4.69) is 12.1 Å². The fourth-order valence-electron chi connectivity index (χ4n) is 3.36. The van der Waals surface area contributed by atoms with Gasteiger partial charge in [-0.2, -0.15) is 0 Å². The Morgan fingerprint density at radius 1 is 1.08 bits per heavy atom. The summed E-state index contributed by atoms with van der Waals surface area (Å²) in [5, 5.41) is 1.15. The van der Waals surface area contributed by atoms with Crippen molar-refractivity contribution in [1.29, 1.82) is 0 Å². The van der Waals surface area contributed by atoms with Gasteiger partial charge in [0.25, 0.3) is 5.91 Å². The van der Waals surface area contributed by atoms with E-state index >= 15 is 0 Å². The first kappa shape index (κ1) is 16.8. The summed E-state index contributed by atoms with van der Waals surface area (Å²) in [4.78, 5) is 29.8. The second-order valence-corrected chi connectivity index (χ2v) is 7.59. The van der Waals surface area contributed by atoms with Gasteiger partial charge < -0.3 is 14.2 Å². The van der Waals surface area contributed by atoms with Crippen molar-refractivity contribution in [1.82, 2.24) is 9.80 Å². The number of furan rings is 1. The summed E-state index contributed by atoms with van der Waals surface area (Å²) in [6.45, 7) is 4.31. The molecule has 0 N–H and O–H groups in total. The minimum Gasteiger partial charge on any atom is -0.472 e. The number of piperazine rings is 1. The number of rotatable bonds is 3. The lowest BCUT2D eigenvalue weighted by atomic mass is 10.1. The van der Waals surface area contributed by atoms with Gasteiger partial charge >= 0.3 is 0 Å². The highest BCUT2D eigenvalue weighted by Gasteiger charge is 2.27. The molecule has 0 radical (unpaired) electrons. The summed E-state index contributed by atoms with van der Waals surface area (Å²) >= 11 is 1.55. The van der Waals surface area contributed by atoms with E-state index in [1.165, 1.54) is 0 Å². The Morgan fingerprint density at radius 2 is 1.81 bits per heavy atom. The molecule has 0 aliphatic carbocycles. The molecule has 1 saturated heterocycles. The molecule has 0 atom stereocenters. The highest BCUT2D eigenvalue weighted by Crippen LogP contribution is 2.31. The molecule has 0 saturated carbocycles. The molecule has 3 heterocycles. The van der Waals surface area contributed by atoms with Crippen LogP contribution in [0.5, 0.6) is 0 Å². The summed E-state index contributed by atoms with van der Waals surface area (Å²) in [6, 6.07) is 9.92. The van der Waals surface area contributed by atoms with E-state index in [0.29, 0.717) is 32.6 Å². The molecule has 2 amide bonds. The molecule has 6 heteroatoms. The molecule has 5 nitrogen and oxygen atoms in total. The van der Waals surface area contributed by atoms with Crippen molar-refractivity contribution in [3.63, 3.8) is 0 Å². The Balaban J connectivity index is 1.41. The first-order valence-corrected chi connectivity index (χ1v) is 9.51. The van der Waals surface area contributed by atoms with Crippen LogP contribution in [0.15, 0.2) is 47.3 Å². The van der Waals surface area contributed by atoms with Gasteiger partial charge in [0.1, 0.15) is 0 Å². The minimum absolute atomic E-state index is 0.0747. The van der Waals surface area contributed by atoms with Gasteiger partial charge in [-0.15, -0.1) is 11.3 Å². The molecule has 26 heavy (non-hydrogen) atoms. The Labute approximate surface area is 155 Å². The van der Waals surface area contributed by atoms with Gasteiger partial charge in [0.15, 0.2) is 0 Å². The Hall–Kier alpha value is -2.60. The van der Waals surface area contributed by atoms with Gasteiger partial charge in [0.05, 0.1) is 23.8 Å². The predicted octanol–water partition coefficient (Wildman–Crippen LogP) is 3.33. The van der Waals surface area contributed by atoms with E-state index in [9.17, 15) is 9.59 Å². The maximum Gasteiger partial charge on any atom is 0.264 e. The topological polar surface area (TPSA) is 53.8 Å². The van der Waals surface area contributed by atoms with Crippen LogP contribution in [0.1, 0.15) is 20.8 Å². The van der Waals surface area contributed by atoms with Crippen LogP contribution in [-0.2, 0) is 11.2 Å². The number of amides is 2. The first-order chi connectivity index (χ1) is 12.6. The number of nitrogens with zero attached hydrogens (tertiary/aromatic N) is 2. The van der Waals surface area contributed by atoms with Gasteiger partial charge in [-0.3, -0.25) is 9.59 Å². The van der Waals surface area contributed by atoms with Crippen LogP contribution in [0.4, 0.5) is 0 Å². The highest BCUT2D eigenvalue weighted by molar-refractivity contribution is 7.21. The molecule has 1 aromatic carbocycles. The number of aryl methyl sites for hydroxylation is 1. The van der Waals surface area contributed by atoms with Crippen LogP contribution in [0.25, 0.3) is 10.1 Å². The monoisotopic (exact) mass is 368 g/mol. The highest BCUT2D eigenvalue weighted by atomic mass is 32.1. The standard InChI is InChI=1S/C20H20N2O3S/c1-14-16-4-2-3-5-17(16)26-19(14)20(24)22-9-7-21(8-10-22)18(23)12-15-6-11-25-13-15/h2-6,11,13H,7-10,12H2,1H3. The average molecular weight is 368 g/mol. The lowest BCUT2D eigenvalue weighted by Crippen LogP contribution is -2.50. The largest absolute Gasteiger partial charge is 0.472 e. The van der Waals surface area contributed by atoms with Gasteiger partial charge in [-0.1, -0.05) is 18.2 Å². The maximum absolute atomic E-state index is 12.9. The third-order valence-electron chi connectivity index (χ3n) is 4.89. The first-order valence-electron chi connectivity index (χ1n) is 8.70. The number of thiophene rings is 1. The zero-order valence-electron chi connectivity index (χ0n) is 14.6. The van der Waals surface area contributed by atoms with Crippen molar-refractivity contribution in [3.8, 4) is 0 Å². The molecular weight excluding hydrogens is 348 g/mol. The number of benzene rings is 1. The third-order valence-corrected chi connectivity index (χ3v) is 6.15. The lowest BCUT2D eigenvalue weighted by Gasteiger charge is -2.34. The summed E-state index contributed by atoms with van der Waals surface area (Å²) in [6.07, 6.45) is 3.52. The second kappa shape index (κ2) is 6.96. The third kappa shape index (κ3) is 3.12. The number of carbonyl (C=O) groups is 2. The summed E-state index contributed by atoms with van der Waals surface area (Å²) < 4.78 is 6.15. The Morgan fingerprint density at radius 3 is 2.50 bits per heavy atom. The smallest absolute Gasteiger partial charge is 0.264 e. The maximum atomic E-state index is 12.9. The number of carbonyl (C=O) groups excluding carboxylic acids is 2. The predicted molar refractivity (Wildman–Crippen MR) is 101 cm³/mol. The zero-order valence-corrected chi connectivity index (χ0v) is 15.4. The van der Waals surface area contributed by atoms with Gasteiger partial charge in [-0.05, 0) is 35.6 Å². The number of fused-ring (bicyclic) bond motifs is 1. The fraction of sp³-hybridized carbons (Fsp3) is 0.300. The zero-order chi connectivity index (χ0) is 18.1.